The zero-order valence-electron chi connectivity index (χ0n) is 13.6. The normalized spacial score (nSPS) is 25.8. The molecule has 1 aliphatic heterocycles. The molecule has 1 saturated heterocycles. The van der Waals surface area contributed by atoms with E-state index >= 15 is 0 Å². The van der Waals surface area contributed by atoms with Crippen LogP contribution in [0.15, 0.2) is 24.3 Å². The molecule has 126 valence electrons. The first kappa shape index (κ1) is 16.7. The summed E-state index contributed by atoms with van der Waals surface area (Å²) in [5.74, 6) is 0.496. The minimum Gasteiger partial charge on any atom is -0.384 e. The number of benzene rings is 1. The van der Waals surface area contributed by atoms with Gasteiger partial charge in [0.1, 0.15) is 0 Å². The van der Waals surface area contributed by atoms with Crippen LogP contribution in [0.1, 0.15) is 30.7 Å². The molecule has 1 amide bonds. The quantitative estimate of drug-likeness (QED) is 0.839. The van der Waals surface area contributed by atoms with E-state index in [1.807, 2.05) is 24.3 Å². The maximum atomic E-state index is 12.5. The Balaban J connectivity index is 1.55. The van der Waals surface area contributed by atoms with Gasteiger partial charge >= 0.3 is 0 Å². The van der Waals surface area contributed by atoms with Gasteiger partial charge in [0.15, 0.2) is 0 Å². The van der Waals surface area contributed by atoms with Crippen molar-refractivity contribution in [3.63, 3.8) is 0 Å². The van der Waals surface area contributed by atoms with Gasteiger partial charge in [-0.3, -0.25) is 4.79 Å². The molecule has 4 nitrogen and oxygen atoms in total. The van der Waals surface area contributed by atoms with Crippen LogP contribution in [0.3, 0.4) is 0 Å². The van der Waals surface area contributed by atoms with E-state index in [4.69, 9.17) is 16.3 Å². The molecule has 2 fully saturated rings. The molecule has 1 aromatic rings. The number of methoxy groups -OCH3 is 1. The van der Waals surface area contributed by atoms with Crippen LogP contribution in [0, 0.1) is 11.3 Å². The van der Waals surface area contributed by atoms with E-state index in [2.05, 4.69) is 10.6 Å². The van der Waals surface area contributed by atoms with Crippen molar-refractivity contribution in [3.8, 4) is 0 Å². The molecule has 5 heteroatoms. The molecule has 1 aliphatic carbocycles. The van der Waals surface area contributed by atoms with Crippen molar-refractivity contribution in [3.05, 3.63) is 34.9 Å². The Hall–Kier alpha value is -1.10. The fraction of sp³-hybridized carbons (Fsp3) is 0.611. The molecule has 2 unspecified atom stereocenters. The summed E-state index contributed by atoms with van der Waals surface area (Å²) in [6.07, 6.45) is 2.98. The van der Waals surface area contributed by atoms with Crippen LogP contribution < -0.4 is 10.6 Å². The highest BCUT2D eigenvalue weighted by Crippen LogP contribution is 2.49. The van der Waals surface area contributed by atoms with Gasteiger partial charge in [0.2, 0.25) is 5.91 Å². The molecular weight excluding hydrogens is 312 g/mol. The predicted octanol–water partition coefficient (Wildman–Crippen LogP) is 2.58. The predicted molar refractivity (Wildman–Crippen MR) is 91.7 cm³/mol. The summed E-state index contributed by atoms with van der Waals surface area (Å²) in [5, 5.41) is 7.31. The summed E-state index contributed by atoms with van der Waals surface area (Å²) in [7, 11) is 1.74. The lowest BCUT2D eigenvalue weighted by molar-refractivity contribution is -0.123. The Morgan fingerprint density at radius 2 is 2.13 bits per heavy atom. The zero-order chi connectivity index (χ0) is 16.3. The second-order valence-corrected chi connectivity index (χ2v) is 7.28. The molecule has 2 N–H and O–H groups in total. The fourth-order valence-corrected chi connectivity index (χ4v) is 3.92. The van der Waals surface area contributed by atoms with Crippen LogP contribution in [0.4, 0.5) is 0 Å². The highest BCUT2D eigenvalue weighted by molar-refractivity contribution is 6.31. The smallest absolute Gasteiger partial charge is 0.223 e. The minimum atomic E-state index is 0.0659. The lowest BCUT2D eigenvalue weighted by atomic mass is 9.79. The first-order valence-electron chi connectivity index (χ1n) is 8.37. The van der Waals surface area contributed by atoms with Gasteiger partial charge in [0.05, 0.1) is 6.61 Å². The van der Waals surface area contributed by atoms with Crippen LogP contribution >= 0.6 is 11.6 Å². The second-order valence-electron chi connectivity index (χ2n) is 6.87. The summed E-state index contributed by atoms with van der Waals surface area (Å²) in [6, 6.07) is 7.83. The third kappa shape index (κ3) is 3.87. The SMILES string of the molecule is COCC1(CNC(=O)C2CC2c2ccccc2Cl)CCNCC1. The van der Waals surface area contributed by atoms with E-state index in [1.54, 1.807) is 7.11 Å². The van der Waals surface area contributed by atoms with Crippen molar-refractivity contribution in [2.24, 2.45) is 11.3 Å². The summed E-state index contributed by atoms with van der Waals surface area (Å²) < 4.78 is 5.40. The van der Waals surface area contributed by atoms with E-state index in [1.165, 1.54) is 0 Å². The van der Waals surface area contributed by atoms with Gasteiger partial charge in [0, 0.05) is 30.0 Å². The third-order valence-corrected chi connectivity index (χ3v) is 5.53. The Kier molecular flexibility index (Phi) is 5.24. The zero-order valence-corrected chi connectivity index (χ0v) is 14.4. The van der Waals surface area contributed by atoms with Crippen molar-refractivity contribution in [2.45, 2.75) is 25.2 Å². The van der Waals surface area contributed by atoms with E-state index in [0.717, 1.165) is 42.9 Å². The molecule has 1 aromatic carbocycles. The molecule has 1 heterocycles. The highest BCUT2D eigenvalue weighted by Gasteiger charge is 2.45. The molecule has 1 saturated carbocycles. The summed E-state index contributed by atoms with van der Waals surface area (Å²) in [6.45, 7) is 3.39. The molecule has 3 rings (SSSR count). The number of rotatable bonds is 6. The van der Waals surface area contributed by atoms with Crippen LogP contribution in [0.25, 0.3) is 0 Å². The van der Waals surface area contributed by atoms with Crippen molar-refractivity contribution in [2.75, 3.05) is 33.4 Å². The van der Waals surface area contributed by atoms with Gasteiger partial charge in [-0.05, 0) is 49.9 Å². The average molecular weight is 337 g/mol. The number of nitrogens with one attached hydrogen (secondary N) is 2. The van der Waals surface area contributed by atoms with Crippen LogP contribution in [0.2, 0.25) is 5.02 Å². The summed E-state index contributed by atoms with van der Waals surface area (Å²) >= 11 is 6.24. The monoisotopic (exact) mass is 336 g/mol. The maximum Gasteiger partial charge on any atom is 0.223 e. The van der Waals surface area contributed by atoms with Crippen molar-refractivity contribution in [1.29, 1.82) is 0 Å². The molecule has 0 radical (unpaired) electrons. The Morgan fingerprint density at radius 1 is 1.39 bits per heavy atom. The number of amides is 1. The standard InChI is InChI=1S/C18H25ClN2O2/c1-23-12-18(6-8-20-9-7-18)11-21-17(22)15-10-14(15)13-4-2-3-5-16(13)19/h2-5,14-15,20H,6-12H2,1H3,(H,21,22). The lowest BCUT2D eigenvalue weighted by Crippen LogP contribution is -2.47. The van der Waals surface area contributed by atoms with Gasteiger partial charge in [-0.15, -0.1) is 0 Å². The van der Waals surface area contributed by atoms with Crippen molar-refractivity contribution < 1.29 is 9.53 Å². The van der Waals surface area contributed by atoms with Crippen molar-refractivity contribution in [1.82, 2.24) is 10.6 Å². The molecule has 2 aliphatic rings. The number of halogens is 1. The fourth-order valence-electron chi connectivity index (χ4n) is 3.65. The number of hydrogen-bond donors (Lipinski definition) is 2. The van der Waals surface area contributed by atoms with Crippen LogP contribution in [0.5, 0.6) is 0 Å². The van der Waals surface area contributed by atoms with Gasteiger partial charge in [0.25, 0.3) is 0 Å². The average Bonchev–Trinajstić information content (AvgIpc) is 3.35. The molecule has 0 bridgehead atoms. The Labute approximate surface area is 142 Å². The van der Waals surface area contributed by atoms with Crippen molar-refractivity contribution >= 4 is 17.5 Å². The number of carbonyl (C=O) groups excluding carboxylic acids is 1. The van der Waals surface area contributed by atoms with E-state index in [9.17, 15) is 4.79 Å². The Morgan fingerprint density at radius 3 is 2.83 bits per heavy atom. The van der Waals surface area contributed by atoms with Gasteiger partial charge in [-0.2, -0.15) is 0 Å². The van der Waals surface area contributed by atoms with Gasteiger partial charge in [-0.1, -0.05) is 29.8 Å². The number of piperidine rings is 1. The third-order valence-electron chi connectivity index (χ3n) is 5.18. The number of hydrogen-bond acceptors (Lipinski definition) is 3. The molecule has 0 spiro atoms. The van der Waals surface area contributed by atoms with Gasteiger partial charge in [-0.25, -0.2) is 0 Å². The molecule has 23 heavy (non-hydrogen) atoms. The highest BCUT2D eigenvalue weighted by atomic mass is 35.5. The van der Waals surface area contributed by atoms with E-state index in [-0.39, 0.29) is 23.2 Å². The van der Waals surface area contributed by atoms with Crippen LogP contribution in [-0.4, -0.2) is 39.3 Å². The van der Waals surface area contributed by atoms with Gasteiger partial charge < -0.3 is 15.4 Å². The minimum absolute atomic E-state index is 0.0659. The lowest BCUT2D eigenvalue weighted by Gasteiger charge is -2.37. The van der Waals surface area contributed by atoms with E-state index in [0.29, 0.717) is 13.2 Å². The first-order valence-corrected chi connectivity index (χ1v) is 8.75. The molecule has 2 atom stereocenters. The topological polar surface area (TPSA) is 50.4 Å². The number of carbonyl (C=O) groups is 1. The molecular formula is C18H25ClN2O2. The summed E-state index contributed by atoms with van der Waals surface area (Å²) in [4.78, 5) is 12.5. The molecule has 0 aromatic heterocycles. The van der Waals surface area contributed by atoms with E-state index < -0.39 is 0 Å². The first-order chi connectivity index (χ1) is 11.2. The largest absolute Gasteiger partial charge is 0.384 e. The maximum absolute atomic E-state index is 12.5. The summed E-state index contributed by atoms with van der Waals surface area (Å²) in [5.41, 5.74) is 1.17. The van der Waals surface area contributed by atoms with Crippen LogP contribution in [-0.2, 0) is 9.53 Å². The second kappa shape index (κ2) is 7.20. The Bertz CT molecular complexity index is 552. The number of ether oxygens (including phenoxy) is 1.